The van der Waals surface area contributed by atoms with Crippen molar-refractivity contribution in [1.82, 2.24) is 0 Å². The predicted molar refractivity (Wildman–Crippen MR) is 49.2 cm³/mol. The Hall–Kier alpha value is -0.450. The van der Waals surface area contributed by atoms with Crippen LogP contribution in [-0.2, 0) is 19.0 Å². The summed E-state index contributed by atoms with van der Waals surface area (Å²) in [5.74, 6) is 0.0436. The van der Waals surface area contributed by atoms with Crippen LogP contribution in [0.25, 0.3) is 0 Å². The molecule has 14 heavy (non-hydrogen) atoms. The molecule has 2 fully saturated rings. The second-order valence-electron chi connectivity index (χ2n) is 4.23. The first-order valence-electron chi connectivity index (χ1n) is 4.99. The predicted octanol–water partition coefficient (Wildman–Crippen LogP) is 0.540. The van der Waals surface area contributed by atoms with Crippen LogP contribution < -0.4 is 0 Å². The minimum absolute atomic E-state index is 0.0436. The van der Waals surface area contributed by atoms with Gasteiger partial charge >= 0.3 is 0 Å². The van der Waals surface area contributed by atoms with Crippen LogP contribution in [0.2, 0.25) is 0 Å². The van der Waals surface area contributed by atoms with E-state index >= 15 is 0 Å². The van der Waals surface area contributed by atoms with E-state index in [0.717, 1.165) is 0 Å². The van der Waals surface area contributed by atoms with Crippen LogP contribution in [0.4, 0.5) is 0 Å². The van der Waals surface area contributed by atoms with Gasteiger partial charge in [-0.25, -0.2) is 0 Å². The molecule has 0 aromatic heterocycles. The third-order valence-corrected chi connectivity index (χ3v) is 2.98. The summed E-state index contributed by atoms with van der Waals surface area (Å²) < 4.78 is 16.4. The first-order valence-corrected chi connectivity index (χ1v) is 4.99. The van der Waals surface area contributed by atoms with Crippen LogP contribution >= 0.6 is 0 Å². The highest BCUT2D eigenvalue weighted by atomic mass is 16.6. The zero-order valence-corrected chi connectivity index (χ0v) is 8.67. The summed E-state index contributed by atoms with van der Waals surface area (Å²) in [6.45, 7) is 5.59. The third kappa shape index (κ3) is 1.47. The Balaban J connectivity index is 2.07. The van der Waals surface area contributed by atoms with Gasteiger partial charge in [0.1, 0.15) is 17.8 Å². The molecule has 0 radical (unpaired) electrons. The van der Waals surface area contributed by atoms with E-state index in [1.54, 1.807) is 0 Å². The SMILES string of the molecule is CCOCC12COC(C)(C1)C(=O)CO2. The number of ether oxygens (including phenoxy) is 3. The van der Waals surface area contributed by atoms with Gasteiger partial charge in [-0.1, -0.05) is 0 Å². The standard InChI is InChI=1S/C10H16O4/c1-3-12-6-10-5-9(2,14-7-10)8(11)4-13-10/h3-7H2,1-2H3. The lowest BCUT2D eigenvalue weighted by molar-refractivity contribution is -0.153. The van der Waals surface area contributed by atoms with Crippen molar-refractivity contribution in [3.05, 3.63) is 0 Å². The summed E-state index contributed by atoms with van der Waals surface area (Å²) in [6.07, 6.45) is 0.624. The summed E-state index contributed by atoms with van der Waals surface area (Å²) in [4.78, 5) is 11.5. The molecule has 0 aromatic carbocycles. The Morgan fingerprint density at radius 2 is 2.29 bits per heavy atom. The van der Waals surface area contributed by atoms with Gasteiger partial charge in [0.25, 0.3) is 0 Å². The van der Waals surface area contributed by atoms with E-state index in [0.29, 0.717) is 26.2 Å². The maximum atomic E-state index is 11.5. The number of ketones is 1. The third-order valence-electron chi connectivity index (χ3n) is 2.98. The second-order valence-corrected chi connectivity index (χ2v) is 4.23. The number of Topliss-reactive ketones (excluding diaryl/α,β-unsaturated/α-hetero) is 1. The summed E-state index contributed by atoms with van der Waals surface area (Å²) in [5, 5.41) is 0. The van der Waals surface area contributed by atoms with Gasteiger partial charge in [0.05, 0.1) is 13.2 Å². The van der Waals surface area contributed by atoms with Gasteiger partial charge in [0, 0.05) is 13.0 Å². The van der Waals surface area contributed by atoms with Crippen molar-refractivity contribution in [2.45, 2.75) is 31.5 Å². The molecule has 0 aromatic rings. The minimum atomic E-state index is -0.630. The number of carbonyl (C=O) groups is 1. The molecule has 2 heterocycles. The molecule has 2 rings (SSSR count). The monoisotopic (exact) mass is 200 g/mol. The van der Waals surface area contributed by atoms with E-state index < -0.39 is 5.60 Å². The molecule has 4 nitrogen and oxygen atoms in total. The highest BCUT2D eigenvalue weighted by Gasteiger charge is 2.55. The molecule has 2 atom stereocenters. The van der Waals surface area contributed by atoms with Gasteiger partial charge in [0.15, 0.2) is 5.78 Å². The van der Waals surface area contributed by atoms with Crippen molar-refractivity contribution in [2.75, 3.05) is 26.4 Å². The van der Waals surface area contributed by atoms with E-state index in [1.807, 2.05) is 13.8 Å². The molecule has 0 amide bonds. The van der Waals surface area contributed by atoms with E-state index in [-0.39, 0.29) is 18.0 Å². The minimum Gasteiger partial charge on any atom is -0.379 e. The topological polar surface area (TPSA) is 44.8 Å². The molecule has 80 valence electrons. The molecular weight excluding hydrogens is 184 g/mol. The van der Waals surface area contributed by atoms with Gasteiger partial charge in [-0.2, -0.15) is 0 Å². The lowest BCUT2D eigenvalue weighted by Gasteiger charge is -2.33. The van der Waals surface area contributed by atoms with Crippen molar-refractivity contribution in [1.29, 1.82) is 0 Å². The van der Waals surface area contributed by atoms with Gasteiger partial charge in [0.2, 0.25) is 0 Å². The average molecular weight is 200 g/mol. The average Bonchev–Trinajstić information content (AvgIpc) is 2.47. The maximum absolute atomic E-state index is 11.5. The molecule has 2 aliphatic heterocycles. The van der Waals surface area contributed by atoms with Crippen LogP contribution in [-0.4, -0.2) is 43.4 Å². The first kappa shape index (κ1) is 10.1. The van der Waals surface area contributed by atoms with Crippen LogP contribution in [0, 0.1) is 0 Å². The number of fused-ring (bicyclic) bond motifs is 2. The Bertz CT molecular complexity index is 253. The largest absolute Gasteiger partial charge is 0.379 e. The first-order chi connectivity index (χ1) is 6.60. The van der Waals surface area contributed by atoms with E-state index in [1.165, 1.54) is 0 Å². The Morgan fingerprint density at radius 3 is 3.00 bits per heavy atom. The van der Waals surface area contributed by atoms with Gasteiger partial charge < -0.3 is 14.2 Å². The van der Waals surface area contributed by atoms with Crippen molar-refractivity contribution in [3.8, 4) is 0 Å². The van der Waals surface area contributed by atoms with Gasteiger partial charge in [-0.3, -0.25) is 4.79 Å². The molecule has 0 spiro atoms. The highest BCUT2D eigenvalue weighted by molar-refractivity contribution is 5.89. The molecule has 2 saturated heterocycles. The molecule has 2 unspecified atom stereocenters. The van der Waals surface area contributed by atoms with Crippen LogP contribution in [0.3, 0.4) is 0 Å². The Morgan fingerprint density at radius 1 is 1.50 bits per heavy atom. The fraction of sp³-hybridized carbons (Fsp3) is 0.900. The lowest BCUT2D eigenvalue weighted by Crippen LogP contribution is -2.49. The fourth-order valence-electron chi connectivity index (χ4n) is 2.07. The second kappa shape index (κ2) is 3.29. The van der Waals surface area contributed by atoms with Crippen LogP contribution in [0.1, 0.15) is 20.3 Å². The van der Waals surface area contributed by atoms with Gasteiger partial charge in [-0.15, -0.1) is 0 Å². The fourth-order valence-corrected chi connectivity index (χ4v) is 2.07. The smallest absolute Gasteiger partial charge is 0.189 e. The number of rotatable bonds is 3. The van der Waals surface area contributed by atoms with Crippen molar-refractivity contribution in [3.63, 3.8) is 0 Å². The Kier molecular flexibility index (Phi) is 2.37. The lowest BCUT2D eigenvalue weighted by atomic mass is 9.87. The van der Waals surface area contributed by atoms with Crippen molar-refractivity contribution < 1.29 is 19.0 Å². The maximum Gasteiger partial charge on any atom is 0.189 e. The number of hydrogen-bond acceptors (Lipinski definition) is 4. The number of carbonyl (C=O) groups excluding carboxylic acids is 1. The highest BCUT2D eigenvalue weighted by Crippen LogP contribution is 2.40. The zero-order chi connectivity index (χ0) is 10.2. The van der Waals surface area contributed by atoms with Crippen molar-refractivity contribution in [2.24, 2.45) is 0 Å². The van der Waals surface area contributed by atoms with Crippen LogP contribution in [0.5, 0.6) is 0 Å². The molecule has 2 aliphatic rings. The normalized spacial score (nSPS) is 41.7. The Labute approximate surface area is 83.5 Å². The summed E-state index contributed by atoms with van der Waals surface area (Å²) >= 11 is 0. The molecule has 2 bridgehead atoms. The van der Waals surface area contributed by atoms with E-state index in [4.69, 9.17) is 14.2 Å². The summed E-state index contributed by atoms with van der Waals surface area (Å²) in [7, 11) is 0. The molecule has 4 heteroatoms. The summed E-state index contributed by atoms with van der Waals surface area (Å²) in [6, 6.07) is 0. The molecule has 0 N–H and O–H groups in total. The van der Waals surface area contributed by atoms with Gasteiger partial charge in [-0.05, 0) is 13.8 Å². The van der Waals surface area contributed by atoms with E-state index in [9.17, 15) is 4.79 Å². The molecule has 0 aliphatic carbocycles. The zero-order valence-electron chi connectivity index (χ0n) is 8.67. The summed E-state index contributed by atoms with van der Waals surface area (Å²) in [5.41, 5.74) is -1.01. The number of hydrogen-bond donors (Lipinski definition) is 0. The van der Waals surface area contributed by atoms with Crippen molar-refractivity contribution >= 4 is 5.78 Å². The molecular formula is C10H16O4. The van der Waals surface area contributed by atoms with E-state index in [2.05, 4.69) is 0 Å². The quantitative estimate of drug-likeness (QED) is 0.667. The molecule has 0 saturated carbocycles. The van der Waals surface area contributed by atoms with Crippen LogP contribution in [0.15, 0.2) is 0 Å².